The molecule has 0 fully saturated rings. The molecule has 0 aliphatic carbocycles. The molecule has 208 valence electrons. The van der Waals surface area contributed by atoms with Crippen LogP contribution in [0.25, 0.3) is 0 Å². The summed E-state index contributed by atoms with van der Waals surface area (Å²) in [5, 5.41) is 2.99. The van der Waals surface area contributed by atoms with E-state index in [0.29, 0.717) is 30.0 Å². The van der Waals surface area contributed by atoms with Gasteiger partial charge in [0.25, 0.3) is 0 Å². The van der Waals surface area contributed by atoms with Crippen molar-refractivity contribution in [2.45, 2.75) is 45.2 Å². The van der Waals surface area contributed by atoms with Gasteiger partial charge in [-0.3, -0.25) is 4.79 Å². The van der Waals surface area contributed by atoms with Crippen molar-refractivity contribution in [2.24, 2.45) is 0 Å². The highest BCUT2D eigenvalue weighted by atomic mass is 16.5. The van der Waals surface area contributed by atoms with E-state index in [1.165, 1.54) is 14.2 Å². The van der Waals surface area contributed by atoms with Crippen LogP contribution in [0.5, 0.6) is 0 Å². The van der Waals surface area contributed by atoms with Crippen LogP contribution in [0.15, 0.2) is 79.1 Å². The molecule has 4 aromatic rings. The van der Waals surface area contributed by atoms with Gasteiger partial charge in [0, 0.05) is 31.3 Å². The van der Waals surface area contributed by atoms with Crippen molar-refractivity contribution in [2.75, 3.05) is 19.5 Å². The van der Waals surface area contributed by atoms with Crippen molar-refractivity contribution < 1.29 is 23.9 Å². The zero-order chi connectivity index (χ0) is 28.5. The Labute approximate surface area is 233 Å². The van der Waals surface area contributed by atoms with E-state index in [1.54, 1.807) is 29.1 Å². The fourth-order valence-corrected chi connectivity index (χ4v) is 4.59. The predicted molar refractivity (Wildman–Crippen MR) is 151 cm³/mol. The summed E-state index contributed by atoms with van der Waals surface area (Å²) in [6.07, 6.45) is 6.40. The van der Waals surface area contributed by atoms with Gasteiger partial charge in [-0.05, 0) is 41.8 Å². The van der Waals surface area contributed by atoms with E-state index in [1.807, 2.05) is 59.2 Å². The maximum atomic E-state index is 13.6. The van der Waals surface area contributed by atoms with Gasteiger partial charge in [-0.1, -0.05) is 55.8 Å². The van der Waals surface area contributed by atoms with Crippen molar-refractivity contribution in [1.82, 2.24) is 14.1 Å². The van der Waals surface area contributed by atoms with Gasteiger partial charge < -0.3 is 23.9 Å². The SMILES string of the molecule is CCCCc1ncc(C(=O)OC)n1Cc1ccc(NC(=O)[C@H](Cc2ccccc2)n2cccc2C(=O)OC)cc1. The molecule has 1 atom stereocenters. The third kappa shape index (κ3) is 6.66. The van der Waals surface area contributed by atoms with E-state index in [9.17, 15) is 14.4 Å². The quantitative estimate of drug-likeness (QED) is 0.251. The van der Waals surface area contributed by atoms with Gasteiger partial charge in [0.05, 0.1) is 20.4 Å². The Morgan fingerprint density at radius 1 is 0.875 bits per heavy atom. The molecule has 2 heterocycles. The largest absolute Gasteiger partial charge is 0.464 e. The van der Waals surface area contributed by atoms with Crippen molar-refractivity contribution >= 4 is 23.5 Å². The lowest BCUT2D eigenvalue weighted by Gasteiger charge is -2.21. The summed E-state index contributed by atoms with van der Waals surface area (Å²) in [6, 6.07) is 19.8. The number of hydrogen-bond acceptors (Lipinski definition) is 6. The summed E-state index contributed by atoms with van der Waals surface area (Å²) in [5.74, 6) is -0.372. The minimum Gasteiger partial charge on any atom is -0.464 e. The number of unbranched alkanes of at least 4 members (excludes halogenated alkanes) is 1. The Bertz CT molecular complexity index is 1440. The van der Waals surface area contributed by atoms with Crippen molar-refractivity contribution in [1.29, 1.82) is 0 Å². The van der Waals surface area contributed by atoms with E-state index in [2.05, 4.69) is 17.2 Å². The van der Waals surface area contributed by atoms with E-state index in [0.717, 1.165) is 36.2 Å². The average molecular weight is 543 g/mol. The van der Waals surface area contributed by atoms with Crippen LogP contribution < -0.4 is 5.32 Å². The molecule has 0 unspecified atom stereocenters. The van der Waals surface area contributed by atoms with Gasteiger partial charge in [-0.2, -0.15) is 0 Å². The van der Waals surface area contributed by atoms with Crippen LogP contribution in [0.3, 0.4) is 0 Å². The summed E-state index contributed by atoms with van der Waals surface area (Å²) in [7, 11) is 2.67. The van der Waals surface area contributed by atoms with Gasteiger partial charge in [0.2, 0.25) is 5.91 Å². The van der Waals surface area contributed by atoms with Crippen molar-refractivity contribution in [3.05, 3.63) is 107 Å². The minimum atomic E-state index is -0.680. The number of imidazole rings is 1. The van der Waals surface area contributed by atoms with E-state index in [4.69, 9.17) is 9.47 Å². The lowest BCUT2D eigenvalue weighted by molar-refractivity contribution is -0.119. The van der Waals surface area contributed by atoms with Gasteiger partial charge in [-0.15, -0.1) is 0 Å². The number of nitrogens with one attached hydrogen (secondary N) is 1. The molecule has 0 aliphatic heterocycles. The molecular formula is C31H34N4O5. The number of carbonyl (C=O) groups is 3. The van der Waals surface area contributed by atoms with E-state index >= 15 is 0 Å². The first kappa shape index (κ1) is 28.4. The number of carbonyl (C=O) groups excluding carboxylic acids is 3. The summed E-state index contributed by atoms with van der Waals surface area (Å²) >= 11 is 0. The number of aromatic nitrogens is 3. The Hall–Kier alpha value is -4.66. The molecule has 40 heavy (non-hydrogen) atoms. The lowest BCUT2D eigenvalue weighted by atomic mass is 10.0. The second kappa shape index (κ2) is 13.4. The van der Waals surface area contributed by atoms with Gasteiger partial charge >= 0.3 is 11.9 Å². The summed E-state index contributed by atoms with van der Waals surface area (Å²) < 4.78 is 13.4. The molecule has 0 saturated heterocycles. The van der Waals surface area contributed by atoms with Gasteiger partial charge in [-0.25, -0.2) is 14.6 Å². The van der Waals surface area contributed by atoms with E-state index in [-0.39, 0.29) is 5.91 Å². The number of anilines is 1. The minimum absolute atomic E-state index is 0.262. The summed E-state index contributed by atoms with van der Waals surface area (Å²) in [5.41, 5.74) is 3.22. The number of benzene rings is 2. The fourth-order valence-electron chi connectivity index (χ4n) is 4.59. The Balaban J connectivity index is 1.54. The zero-order valence-corrected chi connectivity index (χ0v) is 23.0. The van der Waals surface area contributed by atoms with Crippen LogP contribution in [0.4, 0.5) is 5.69 Å². The standard InChI is InChI=1S/C31H34N4O5/c1-4-5-13-28-32-20-27(31(38)40-3)35(28)21-23-14-16-24(17-15-23)33-29(36)26(19-22-10-7-6-8-11-22)34-18-9-12-25(34)30(37)39-2/h6-12,14-18,20,26H,4-5,13,19,21H2,1-3H3,(H,33,36)/t26-/m0/s1. The third-order valence-electron chi connectivity index (χ3n) is 6.73. The summed E-state index contributed by atoms with van der Waals surface area (Å²) in [4.78, 5) is 42.7. The molecule has 2 aromatic heterocycles. The normalized spacial score (nSPS) is 11.6. The Kier molecular flexibility index (Phi) is 9.51. The second-order valence-corrected chi connectivity index (χ2v) is 9.42. The van der Waals surface area contributed by atoms with Crippen LogP contribution in [0.1, 0.15) is 63.7 Å². The molecule has 0 spiro atoms. The topological polar surface area (TPSA) is 104 Å². The number of methoxy groups -OCH3 is 2. The predicted octanol–water partition coefficient (Wildman–Crippen LogP) is 5.07. The van der Waals surface area contributed by atoms with Crippen LogP contribution in [0.2, 0.25) is 0 Å². The molecular weight excluding hydrogens is 508 g/mol. The molecule has 9 nitrogen and oxygen atoms in total. The number of ether oxygens (including phenoxy) is 2. The Morgan fingerprint density at radius 2 is 1.57 bits per heavy atom. The number of esters is 2. The first-order chi connectivity index (χ1) is 19.4. The molecule has 0 saturated carbocycles. The molecule has 4 rings (SSSR count). The number of aryl methyl sites for hydroxylation is 1. The van der Waals surface area contributed by atoms with Crippen LogP contribution in [0, 0.1) is 0 Å². The lowest BCUT2D eigenvalue weighted by Crippen LogP contribution is -2.29. The van der Waals surface area contributed by atoms with Gasteiger partial charge in [0.1, 0.15) is 23.3 Å². The highest BCUT2D eigenvalue weighted by molar-refractivity contribution is 5.95. The number of hydrogen-bond donors (Lipinski definition) is 1. The highest BCUT2D eigenvalue weighted by Crippen LogP contribution is 2.22. The summed E-state index contributed by atoms with van der Waals surface area (Å²) in [6.45, 7) is 2.55. The first-order valence-electron chi connectivity index (χ1n) is 13.3. The highest BCUT2D eigenvalue weighted by Gasteiger charge is 2.25. The Morgan fingerprint density at radius 3 is 2.25 bits per heavy atom. The maximum absolute atomic E-state index is 13.6. The smallest absolute Gasteiger partial charge is 0.356 e. The first-order valence-corrected chi connectivity index (χ1v) is 13.3. The molecule has 0 bridgehead atoms. The monoisotopic (exact) mass is 542 g/mol. The van der Waals surface area contributed by atoms with Crippen molar-refractivity contribution in [3.63, 3.8) is 0 Å². The van der Waals surface area contributed by atoms with Crippen molar-refractivity contribution in [3.8, 4) is 0 Å². The molecule has 2 aromatic carbocycles. The molecule has 1 N–H and O–H groups in total. The molecule has 9 heteroatoms. The van der Waals surface area contributed by atoms with Crippen LogP contribution in [-0.4, -0.2) is 46.2 Å². The zero-order valence-electron chi connectivity index (χ0n) is 23.0. The van der Waals surface area contributed by atoms with E-state index < -0.39 is 18.0 Å². The average Bonchev–Trinajstić information content (AvgIpc) is 3.63. The van der Waals surface area contributed by atoms with Gasteiger partial charge in [0.15, 0.2) is 0 Å². The third-order valence-corrected chi connectivity index (χ3v) is 6.73. The molecule has 0 radical (unpaired) electrons. The number of rotatable bonds is 12. The second-order valence-electron chi connectivity index (χ2n) is 9.42. The maximum Gasteiger partial charge on any atom is 0.356 e. The molecule has 0 aliphatic rings. The number of amides is 1. The van der Waals surface area contributed by atoms with Crippen LogP contribution in [-0.2, 0) is 33.7 Å². The van der Waals surface area contributed by atoms with Crippen LogP contribution >= 0.6 is 0 Å². The molecule has 1 amide bonds. The fraction of sp³-hybridized carbons (Fsp3) is 0.290. The number of nitrogens with zero attached hydrogens (tertiary/aromatic N) is 3.